The lowest BCUT2D eigenvalue weighted by Crippen LogP contribution is -1.90. The highest BCUT2D eigenvalue weighted by Crippen LogP contribution is 2.74. The van der Waals surface area contributed by atoms with E-state index >= 15 is 0 Å². The van der Waals surface area contributed by atoms with Crippen LogP contribution < -0.4 is 0 Å². The maximum absolute atomic E-state index is 11.1. The van der Waals surface area contributed by atoms with Gasteiger partial charge in [-0.15, -0.1) is 0 Å². The molecule has 2 nitrogen and oxygen atoms in total. The van der Waals surface area contributed by atoms with Crippen LogP contribution >= 0.6 is 7.37 Å². The Morgan fingerprint density at radius 2 is 2.56 bits per heavy atom. The number of fused-ring (bicyclic) bond motifs is 1. The molecule has 1 heterocycles. The third-order valence-corrected chi connectivity index (χ3v) is 4.49. The standard InChI is InChI=1S/C6H9O2P/c1-6-2-3-9(7,8)5(6)4-6/h4H,2-3H2,1H3,(H,7,8)/t6-/m1/s1. The Morgan fingerprint density at radius 1 is 1.89 bits per heavy atom. The Labute approximate surface area is 54.0 Å². The minimum Gasteiger partial charge on any atom is -0.341 e. The van der Waals surface area contributed by atoms with E-state index < -0.39 is 7.37 Å². The van der Waals surface area contributed by atoms with Crippen molar-refractivity contribution >= 4 is 7.37 Å². The van der Waals surface area contributed by atoms with Crippen LogP contribution in [0.1, 0.15) is 13.3 Å². The first-order chi connectivity index (χ1) is 4.05. The lowest BCUT2D eigenvalue weighted by atomic mass is 10.1. The maximum atomic E-state index is 11.1. The molecule has 0 aromatic carbocycles. The van der Waals surface area contributed by atoms with Crippen molar-refractivity contribution in [2.75, 3.05) is 6.16 Å². The van der Waals surface area contributed by atoms with Crippen molar-refractivity contribution in [1.82, 2.24) is 0 Å². The van der Waals surface area contributed by atoms with Crippen LogP contribution in [0.4, 0.5) is 0 Å². The second kappa shape index (κ2) is 1.18. The van der Waals surface area contributed by atoms with Crippen LogP contribution in [0.15, 0.2) is 11.4 Å². The van der Waals surface area contributed by atoms with Gasteiger partial charge in [-0.1, -0.05) is 13.0 Å². The van der Waals surface area contributed by atoms with Crippen LogP contribution in [0.25, 0.3) is 0 Å². The zero-order valence-electron chi connectivity index (χ0n) is 5.29. The average molecular weight is 144 g/mol. The fourth-order valence-corrected chi connectivity index (χ4v) is 3.88. The SMILES string of the molecule is C[C@@]12C=C1P(=O)(O)CC2. The summed E-state index contributed by atoms with van der Waals surface area (Å²) in [4.78, 5) is 9.16. The molecule has 1 saturated heterocycles. The smallest absolute Gasteiger partial charge is 0.226 e. The molecular formula is C6H9O2P. The lowest BCUT2D eigenvalue weighted by molar-refractivity contribution is 0.490. The quantitative estimate of drug-likeness (QED) is 0.524. The van der Waals surface area contributed by atoms with Crippen molar-refractivity contribution in [3.05, 3.63) is 11.4 Å². The first-order valence-electron chi connectivity index (χ1n) is 3.10. The summed E-state index contributed by atoms with van der Waals surface area (Å²) in [6.07, 6.45) is 3.32. The summed E-state index contributed by atoms with van der Waals surface area (Å²) in [7, 11) is -2.76. The summed E-state index contributed by atoms with van der Waals surface area (Å²) in [6, 6.07) is 0. The zero-order valence-corrected chi connectivity index (χ0v) is 6.19. The Balaban J connectivity index is 2.40. The van der Waals surface area contributed by atoms with E-state index in [1.807, 2.05) is 13.0 Å². The van der Waals surface area contributed by atoms with Gasteiger partial charge in [0.2, 0.25) is 7.37 Å². The topological polar surface area (TPSA) is 37.3 Å². The van der Waals surface area contributed by atoms with Crippen LogP contribution in [-0.4, -0.2) is 11.1 Å². The molecule has 0 aromatic rings. The fourth-order valence-electron chi connectivity index (χ4n) is 1.47. The molecule has 50 valence electrons. The van der Waals surface area contributed by atoms with Crippen molar-refractivity contribution < 1.29 is 9.46 Å². The first kappa shape index (κ1) is 5.70. The van der Waals surface area contributed by atoms with Crippen LogP contribution in [0, 0.1) is 5.41 Å². The molecule has 1 aliphatic carbocycles. The van der Waals surface area contributed by atoms with E-state index in [4.69, 9.17) is 4.89 Å². The average Bonchev–Trinajstić information content (AvgIpc) is 2.35. The maximum Gasteiger partial charge on any atom is 0.226 e. The molecule has 0 saturated carbocycles. The highest BCUT2D eigenvalue weighted by Gasteiger charge is 2.54. The summed E-state index contributed by atoms with van der Waals surface area (Å²) < 4.78 is 11.1. The molecule has 0 radical (unpaired) electrons. The Morgan fingerprint density at radius 3 is 2.67 bits per heavy atom. The zero-order chi connectivity index (χ0) is 6.70. The number of allylic oxidation sites excluding steroid dienone is 2. The molecular weight excluding hydrogens is 135 g/mol. The van der Waals surface area contributed by atoms with Gasteiger partial charge in [-0.05, 0) is 6.42 Å². The van der Waals surface area contributed by atoms with Gasteiger partial charge >= 0.3 is 0 Å². The van der Waals surface area contributed by atoms with Crippen LogP contribution in [0.2, 0.25) is 0 Å². The Bertz CT molecular complexity index is 243. The molecule has 9 heavy (non-hydrogen) atoms. The highest BCUT2D eigenvalue weighted by molar-refractivity contribution is 7.63. The van der Waals surface area contributed by atoms with Crippen molar-refractivity contribution in [3.8, 4) is 0 Å². The van der Waals surface area contributed by atoms with Crippen molar-refractivity contribution in [2.45, 2.75) is 13.3 Å². The van der Waals surface area contributed by atoms with E-state index in [-0.39, 0.29) is 5.41 Å². The summed E-state index contributed by atoms with van der Waals surface area (Å²) in [5.41, 5.74) is 0.0737. The summed E-state index contributed by atoms with van der Waals surface area (Å²) in [5.74, 6) is 0. The van der Waals surface area contributed by atoms with Gasteiger partial charge in [0.1, 0.15) is 0 Å². The van der Waals surface area contributed by atoms with E-state index in [1.54, 1.807) is 0 Å². The summed E-state index contributed by atoms with van der Waals surface area (Å²) in [6.45, 7) is 2.03. The predicted molar refractivity (Wildman–Crippen MR) is 35.5 cm³/mol. The molecule has 2 atom stereocenters. The minimum atomic E-state index is -2.76. The molecule has 1 fully saturated rings. The molecule has 1 unspecified atom stereocenters. The molecule has 0 spiro atoms. The lowest BCUT2D eigenvalue weighted by Gasteiger charge is -1.97. The third kappa shape index (κ3) is 0.580. The van der Waals surface area contributed by atoms with Gasteiger partial charge in [-0.2, -0.15) is 0 Å². The Hall–Kier alpha value is -0.0700. The van der Waals surface area contributed by atoms with Crippen molar-refractivity contribution in [3.63, 3.8) is 0 Å². The van der Waals surface area contributed by atoms with Gasteiger partial charge in [0, 0.05) is 16.9 Å². The largest absolute Gasteiger partial charge is 0.341 e. The van der Waals surface area contributed by atoms with Gasteiger partial charge in [0.15, 0.2) is 0 Å². The second-order valence-electron chi connectivity index (χ2n) is 3.12. The van der Waals surface area contributed by atoms with Crippen LogP contribution in [-0.2, 0) is 4.57 Å². The Kier molecular flexibility index (Phi) is 0.750. The molecule has 1 aliphatic heterocycles. The minimum absolute atomic E-state index is 0.0737. The first-order valence-corrected chi connectivity index (χ1v) is 4.95. The monoisotopic (exact) mass is 144 g/mol. The molecule has 0 aromatic heterocycles. The summed E-state index contributed by atoms with van der Waals surface area (Å²) >= 11 is 0. The van der Waals surface area contributed by atoms with Gasteiger partial charge in [-0.25, -0.2) is 0 Å². The van der Waals surface area contributed by atoms with Crippen LogP contribution in [0.3, 0.4) is 0 Å². The van der Waals surface area contributed by atoms with Gasteiger partial charge in [0.05, 0.1) is 0 Å². The third-order valence-electron chi connectivity index (χ3n) is 2.27. The van der Waals surface area contributed by atoms with Crippen molar-refractivity contribution in [2.24, 2.45) is 5.41 Å². The van der Waals surface area contributed by atoms with E-state index in [2.05, 4.69) is 0 Å². The molecule has 1 N–H and O–H groups in total. The number of rotatable bonds is 0. The predicted octanol–water partition coefficient (Wildman–Crippen LogP) is 1.56. The highest BCUT2D eigenvalue weighted by atomic mass is 31.2. The second-order valence-corrected chi connectivity index (χ2v) is 5.45. The fraction of sp³-hybridized carbons (Fsp3) is 0.667. The molecule has 3 heteroatoms. The molecule has 2 rings (SSSR count). The normalized spacial score (nSPS) is 54.7. The van der Waals surface area contributed by atoms with E-state index in [0.717, 1.165) is 11.7 Å². The molecule has 2 aliphatic rings. The van der Waals surface area contributed by atoms with E-state index in [0.29, 0.717) is 6.16 Å². The van der Waals surface area contributed by atoms with E-state index in [1.165, 1.54) is 0 Å². The van der Waals surface area contributed by atoms with Gasteiger partial charge < -0.3 is 4.89 Å². The van der Waals surface area contributed by atoms with Crippen LogP contribution in [0.5, 0.6) is 0 Å². The number of hydrogen-bond donors (Lipinski definition) is 1. The molecule has 0 amide bonds. The van der Waals surface area contributed by atoms with E-state index in [9.17, 15) is 4.57 Å². The summed E-state index contributed by atoms with van der Waals surface area (Å²) in [5, 5.41) is 0.829. The molecule has 0 bridgehead atoms. The van der Waals surface area contributed by atoms with Gasteiger partial charge in [-0.3, -0.25) is 4.57 Å². The van der Waals surface area contributed by atoms with Gasteiger partial charge in [0.25, 0.3) is 0 Å². The van der Waals surface area contributed by atoms with Crippen molar-refractivity contribution in [1.29, 1.82) is 0 Å². The number of hydrogen-bond acceptors (Lipinski definition) is 1.